The highest BCUT2D eigenvalue weighted by molar-refractivity contribution is 5.59. The summed E-state index contributed by atoms with van der Waals surface area (Å²) < 4.78 is 7.60. The lowest BCUT2D eigenvalue weighted by Crippen LogP contribution is -2.24. The Labute approximate surface area is 99.3 Å². The molecule has 3 aromatic rings. The van der Waals surface area contributed by atoms with E-state index >= 15 is 0 Å². The van der Waals surface area contributed by atoms with Crippen LogP contribution in [0.15, 0.2) is 47.1 Å². The minimum Gasteiger partial charge on any atom is -0.295 e. The number of hydrogen-bond acceptors (Lipinski definition) is 2. The van der Waals surface area contributed by atoms with Crippen LogP contribution in [0.5, 0.6) is 0 Å². The standard InChI is InChI=1S/C14H13N2O/c1-10-9-15-14-8-13(17-16(14)11(10)2)12-6-4-3-5-7-12/h3-9H,1-2H3/q+1. The van der Waals surface area contributed by atoms with Gasteiger partial charge in [-0.15, -0.1) is 0 Å². The molecule has 0 fully saturated rings. The van der Waals surface area contributed by atoms with Gasteiger partial charge in [0.25, 0.3) is 0 Å². The zero-order valence-corrected chi connectivity index (χ0v) is 9.84. The fourth-order valence-electron chi connectivity index (χ4n) is 1.83. The maximum atomic E-state index is 5.82. The minimum atomic E-state index is 0.840. The van der Waals surface area contributed by atoms with Crippen LogP contribution in [0.25, 0.3) is 17.0 Å². The Kier molecular flexibility index (Phi) is 2.18. The summed E-state index contributed by atoms with van der Waals surface area (Å²) in [5, 5.41) is 0. The van der Waals surface area contributed by atoms with E-state index in [0.29, 0.717) is 0 Å². The van der Waals surface area contributed by atoms with Gasteiger partial charge in [-0.05, 0) is 16.5 Å². The summed E-state index contributed by atoms with van der Waals surface area (Å²) in [5.41, 5.74) is 4.11. The molecule has 0 saturated heterocycles. The normalized spacial score (nSPS) is 10.9. The average molecular weight is 225 g/mol. The first-order valence-corrected chi connectivity index (χ1v) is 5.59. The monoisotopic (exact) mass is 225 g/mol. The largest absolute Gasteiger partial charge is 0.366 e. The lowest BCUT2D eigenvalue weighted by Gasteiger charge is -1.93. The van der Waals surface area contributed by atoms with Crippen molar-refractivity contribution in [1.82, 2.24) is 4.98 Å². The van der Waals surface area contributed by atoms with Crippen LogP contribution in [0, 0.1) is 13.8 Å². The molecule has 2 aromatic heterocycles. The first-order valence-electron chi connectivity index (χ1n) is 5.59. The number of benzene rings is 1. The molecule has 0 radical (unpaired) electrons. The zero-order valence-electron chi connectivity index (χ0n) is 9.84. The summed E-state index contributed by atoms with van der Waals surface area (Å²) in [5.74, 6) is 0.840. The van der Waals surface area contributed by atoms with Crippen molar-refractivity contribution < 1.29 is 9.10 Å². The second-order valence-electron chi connectivity index (χ2n) is 4.15. The topological polar surface area (TPSA) is 30.1 Å². The van der Waals surface area contributed by atoms with E-state index in [-0.39, 0.29) is 0 Å². The van der Waals surface area contributed by atoms with E-state index in [4.69, 9.17) is 4.52 Å². The van der Waals surface area contributed by atoms with Crippen molar-refractivity contribution in [2.45, 2.75) is 13.8 Å². The maximum Gasteiger partial charge on any atom is 0.366 e. The first-order chi connectivity index (χ1) is 8.25. The molecule has 3 nitrogen and oxygen atoms in total. The molecule has 0 unspecified atom stereocenters. The van der Waals surface area contributed by atoms with E-state index in [0.717, 1.165) is 28.2 Å². The van der Waals surface area contributed by atoms with Crippen LogP contribution < -0.4 is 4.57 Å². The molecule has 0 aliphatic heterocycles. The van der Waals surface area contributed by atoms with Gasteiger partial charge in [-0.2, -0.15) is 0 Å². The number of rotatable bonds is 1. The van der Waals surface area contributed by atoms with Gasteiger partial charge in [0.1, 0.15) is 6.20 Å². The third kappa shape index (κ3) is 1.60. The van der Waals surface area contributed by atoms with Crippen LogP contribution in [0.3, 0.4) is 0 Å². The Bertz CT molecular complexity index is 671. The highest BCUT2D eigenvalue weighted by Gasteiger charge is 2.16. The molecule has 0 spiro atoms. The lowest BCUT2D eigenvalue weighted by atomic mass is 10.2. The van der Waals surface area contributed by atoms with Crippen LogP contribution in [-0.4, -0.2) is 4.98 Å². The molecule has 0 atom stereocenters. The molecular formula is C14H13N2O+. The van der Waals surface area contributed by atoms with Crippen molar-refractivity contribution in [3.63, 3.8) is 0 Å². The number of hydrogen-bond donors (Lipinski definition) is 0. The quantitative estimate of drug-likeness (QED) is 0.596. The van der Waals surface area contributed by atoms with Crippen molar-refractivity contribution in [2.24, 2.45) is 0 Å². The van der Waals surface area contributed by atoms with E-state index < -0.39 is 0 Å². The van der Waals surface area contributed by atoms with Gasteiger partial charge in [0.2, 0.25) is 0 Å². The maximum absolute atomic E-state index is 5.82. The highest BCUT2D eigenvalue weighted by atomic mass is 16.5. The molecule has 3 rings (SSSR count). The highest BCUT2D eigenvalue weighted by Crippen LogP contribution is 2.19. The summed E-state index contributed by atoms with van der Waals surface area (Å²) in [6.07, 6.45) is 1.87. The minimum absolute atomic E-state index is 0.840. The van der Waals surface area contributed by atoms with Gasteiger partial charge in [0, 0.05) is 18.1 Å². The Morgan fingerprint density at radius 1 is 1.12 bits per heavy atom. The summed E-state index contributed by atoms with van der Waals surface area (Å²) in [4.78, 5) is 4.36. The zero-order chi connectivity index (χ0) is 11.8. The van der Waals surface area contributed by atoms with Crippen molar-refractivity contribution in [3.05, 3.63) is 53.9 Å². The SMILES string of the molecule is Cc1cnc2cc(-c3ccccc3)o[n+]2c1C. The van der Waals surface area contributed by atoms with Gasteiger partial charge in [0.15, 0.2) is 11.5 Å². The summed E-state index contributed by atoms with van der Waals surface area (Å²) in [6, 6.07) is 12.0. The van der Waals surface area contributed by atoms with E-state index in [1.807, 2.05) is 56.4 Å². The van der Waals surface area contributed by atoms with Gasteiger partial charge in [-0.25, -0.2) is 0 Å². The molecule has 0 amide bonds. The van der Waals surface area contributed by atoms with E-state index in [1.54, 1.807) is 4.57 Å². The summed E-state index contributed by atoms with van der Waals surface area (Å²) in [7, 11) is 0. The van der Waals surface area contributed by atoms with Gasteiger partial charge in [-0.3, -0.25) is 4.52 Å². The summed E-state index contributed by atoms with van der Waals surface area (Å²) >= 11 is 0. The molecule has 1 aromatic carbocycles. The first kappa shape index (κ1) is 10.0. The molecule has 0 saturated carbocycles. The molecule has 0 aliphatic carbocycles. The molecular weight excluding hydrogens is 212 g/mol. The lowest BCUT2D eigenvalue weighted by molar-refractivity contribution is -0.722. The number of aromatic nitrogens is 2. The Morgan fingerprint density at radius 3 is 2.65 bits per heavy atom. The van der Waals surface area contributed by atoms with Crippen molar-refractivity contribution in [3.8, 4) is 11.3 Å². The number of fused-ring (bicyclic) bond motifs is 1. The summed E-state index contributed by atoms with van der Waals surface area (Å²) in [6.45, 7) is 4.06. The molecule has 2 heterocycles. The Hall–Kier alpha value is -2.16. The van der Waals surface area contributed by atoms with Crippen LogP contribution >= 0.6 is 0 Å². The van der Waals surface area contributed by atoms with Crippen LogP contribution in [-0.2, 0) is 0 Å². The van der Waals surface area contributed by atoms with Gasteiger partial charge < -0.3 is 0 Å². The molecule has 3 heteroatoms. The Morgan fingerprint density at radius 2 is 1.88 bits per heavy atom. The molecule has 17 heavy (non-hydrogen) atoms. The van der Waals surface area contributed by atoms with Gasteiger partial charge in [0.05, 0.1) is 6.07 Å². The predicted molar refractivity (Wildman–Crippen MR) is 64.6 cm³/mol. The van der Waals surface area contributed by atoms with E-state index in [1.165, 1.54) is 0 Å². The van der Waals surface area contributed by atoms with E-state index in [2.05, 4.69) is 4.98 Å². The van der Waals surface area contributed by atoms with Crippen LogP contribution in [0.2, 0.25) is 0 Å². The third-order valence-electron chi connectivity index (χ3n) is 2.98. The molecule has 84 valence electrons. The third-order valence-corrected chi connectivity index (χ3v) is 2.98. The Balaban J connectivity index is 2.24. The molecule has 0 bridgehead atoms. The van der Waals surface area contributed by atoms with Gasteiger partial charge >= 0.3 is 5.65 Å². The molecule has 0 N–H and O–H groups in total. The fourth-order valence-corrected chi connectivity index (χ4v) is 1.83. The van der Waals surface area contributed by atoms with Crippen molar-refractivity contribution in [1.29, 1.82) is 0 Å². The predicted octanol–water partition coefficient (Wildman–Crippen LogP) is 2.70. The van der Waals surface area contributed by atoms with Gasteiger partial charge in [-0.1, -0.05) is 30.3 Å². The smallest absolute Gasteiger partial charge is 0.295 e. The molecule has 0 aliphatic rings. The average Bonchev–Trinajstić information content (AvgIpc) is 2.80. The number of nitrogens with zero attached hydrogens (tertiary/aromatic N) is 2. The fraction of sp³-hybridized carbons (Fsp3) is 0.143. The second-order valence-corrected chi connectivity index (χ2v) is 4.15. The van der Waals surface area contributed by atoms with Crippen molar-refractivity contribution in [2.75, 3.05) is 0 Å². The van der Waals surface area contributed by atoms with E-state index in [9.17, 15) is 0 Å². The van der Waals surface area contributed by atoms with Crippen LogP contribution in [0.4, 0.5) is 0 Å². The number of aryl methyl sites for hydroxylation is 2. The second kappa shape index (κ2) is 3.70. The van der Waals surface area contributed by atoms with Crippen LogP contribution in [0.1, 0.15) is 11.3 Å². The van der Waals surface area contributed by atoms with Crippen molar-refractivity contribution >= 4 is 5.65 Å².